The Morgan fingerprint density at radius 2 is 1.33 bits per heavy atom. The summed E-state index contributed by atoms with van der Waals surface area (Å²) in [7, 11) is 0. The first-order valence-corrected chi connectivity index (χ1v) is 11.9. The quantitative estimate of drug-likeness (QED) is 0.164. The van der Waals surface area contributed by atoms with Gasteiger partial charge in [0, 0.05) is 39.0 Å². The van der Waals surface area contributed by atoms with Gasteiger partial charge in [0.1, 0.15) is 6.04 Å². The number of unbranched alkanes of at least 4 members (excludes halogenated alkanes) is 1. The number of hydrogen-bond donors (Lipinski definition) is 4. The van der Waals surface area contributed by atoms with Crippen molar-refractivity contribution in [2.45, 2.75) is 77.7 Å². The maximum absolute atomic E-state index is 12.4. The van der Waals surface area contributed by atoms with Gasteiger partial charge < -0.3 is 26.4 Å². The third kappa shape index (κ3) is 19.3. The van der Waals surface area contributed by atoms with E-state index in [0.717, 1.165) is 38.5 Å². The zero-order valence-electron chi connectivity index (χ0n) is 20.4. The smallest absolute Gasteiger partial charge is 0.241 e. The van der Waals surface area contributed by atoms with Gasteiger partial charge in [0.2, 0.25) is 17.7 Å². The number of carbonyl (C=O) groups is 3. The molecule has 0 aliphatic rings. The summed E-state index contributed by atoms with van der Waals surface area (Å²) in [6.07, 6.45) is 14.5. The Labute approximate surface area is 205 Å². The van der Waals surface area contributed by atoms with Gasteiger partial charge in [-0.3, -0.25) is 14.4 Å². The van der Waals surface area contributed by atoms with E-state index in [-0.39, 0.29) is 30.1 Å². The number of nitrogens with one attached hydrogen (secondary N) is 2. The van der Waals surface area contributed by atoms with Gasteiger partial charge in [-0.15, -0.1) is 12.4 Å². The van der Waals surface area contributed by atoms with Gasteiger partial charge >= 0.3 is 0 Å². The van der Waals surface area contributed by atoms with Crippen LogP contribution in [0.3, 0.4) is 0 Å². The van der Waals surface area contributed by atoms with Crippen LogP contribution in [0.15, 0.2) is 24.3 Å². The minimum absolute atomic E-state index is 0. The number of carbonyl (C=O) groups excluding carboxylic acids is 3. The average molecular weight is 489 g/mol. The molecule has 0 heterocycles. The van der Waals surface area contributed by atoms with Gasteiger partial charge in [-0.05, 0) is 44.9 Å². The van der Waals surface area contributed by atoms with Crippen LogP contribution in [0.25, 0.3) is 0 Å². The van der Waals surface area contributed by atoms with Crippen molar-refractivity contribution in [3.05, 3.63) is 24.3 Å². The minimum Gasteiger partial charge on any atom is -0.394 e. The van der Waals surface area contributed by atoms with Crippen LogP contribution in [0, 0.1) is 0 Å². The maximum Gasteiger partial charge on any atom is 0.241 e. The Balaban J connectivity index is 0. The van der Waals surface area contributed by atoms with Crippen molar-refractivity contribution < 1.29 is 19.5 Å². The fourth-order valence-electron chi connectivity index (χ4n) is 2.97. The number of amides is 3. The fourth-order valence-corrected chi connectivity index (χ4v) is 2.97. The Bertz CT molecular complexity index is 585. The standard InChI is InChI=1S/C24H44N4O4.ClH/c1-3-5-7-9-14-22(30)26-16-11-12-18-28(24(32)21(25)20-29)19-13-17-27-23(31)15-10-8-6-4-2;/h5-8,21,29H,3-4,9-20,25H2,1-2H3,(H,26,30)(H,27,31);1H/b7-5-,8-6-;/t21-;/m0./s1. The van der Waals surface area contributed by atoms with Crippen LogP contribution >= 0.6 is 12.4 Å². The molecule has 0 aromatic rings. The molecule has 0 radical (unpaired) electrons. The number of nitrogens with zero attached hydrogens (tertiary/aromatic N) is 1. The molecule has 3 amide bonds. The molecule has 0 fully saturated rings. The molecule has 0 bridgehead atoms. The summed E-state index contributed by atoms with van der Waals surface area (Å²) in [5, 5.41) is 15.0. The molecular weight excluding hydrogens is 444 g/mol. The van der Waals surface area contributed by atoms with E-state index in [4.69, 9.17) is 5.73 Å². The molecule has 1 atom stereocenters. The first-order chi connectivity index (χ1) is 15.5. The lowest BCUT2D eigenvalue weighted by Gasteiger charge is -2.25. The van der Waals surface area contributed by atoms with Gasteiger partial charge in [-0.25, -0.2) is 0 Å². The number of rotatable bonds is 19. The molecule has 9 heteroatoms. The molecular formula is C24H45ClN4O4. The molecule has 0 rings (SSSR count). The van der Waals surface area contributed by atoms with Gasteiger partial charge in [-0.1, -0.05) is 38.2 Å². The lowest BCUT2D eigenvalue weighted by molar-refractivity contribution is -0.133. The van der Waals surface area contributed by atoms with Crippen LogP contribution in [0.2, 0.25) is 0 Å². The average Bonchev–Trinajstić information content (AvgIpc) is 2.79. The van der Waals surface area contributed by atoms with Crippen LogP contribution in [-0.4, -0.2) is 66.6 Å². The molecule has 0 saturated heterocycles. The van der Waals surface area contributed by atoms with Crippen LogP contribution in [0.1, 0.15) is 71.6 Å². The molecule has 8 nitrogen and oxygen atoms in total. The highest BCUT2D eigenvalue weighted by Gasteiger charge is 2.19. The van der Waals surface area contributed by atoms with E-state index in [1.807, 2.05) is 24.3 Å². The molecule has 0 aliphatic carbocycles. The van der Waals surface area contributed by atoms with Gasteiger partial charge in [0.15, 0.2) is 0 Å². The van der Waals surface area contributed by atoms with E-state index in [1.165, 1.54) is 0 Å². The summed E-state index contributed by atoms with van der Waals surface area (Å²) in [5.74, 6) is -0.270. The molecule has 0 aliphatic heterocycles. The number of allylic oxidation sites excluding steroid dienone is 4. The number of hydrogen-bond acceptors (Lipinski definition) is 5. The van der Waals surface area contributed by atoms with Gasteiger partial charge in [0.25, 0.3) is 0 Å². The van der Waals surface area contributed by atoms with Gasteiger partial charge in [-0.2, -0.15) is 0 Å². The summed E-state index contributed by atoms with van der Waals surface area (Å²) in [5.41, 5.74) is 5.71. The van der Waals surface area contributed by atoms with Crippen LogP contribution in [0.5, 0.6) is 0 Å². The van der Waals surface area contributed by atoms with E-state index in [2.05, 4.69) is 24.5 Å². The molecule has 0 aromatic heterocycles. The lowest BCUT2D eigenvalue weighted by Crippen LogP contribution is -2.47. The molecule has 0 spiro atoms. The fraction of sp³-hybridized carbons (Fsp3) is 0.708. The van der Waals surface area contributed by atoms with Crippen LogP contribution in [0.4, 0.5) is 0 Å². The molecule has 0 aromatic carbocycles. The third-order valence-corrected chi connectivity index (χ3v) is 4.81. The van der Waals surface area contributed by atoms with Crippen molar-refractivity contribution in [3.8, 4) is 0 Å². The van der Waals surface area contributed by atoms with Crippen LogP contribution in [-0.2, 0) is 14.4 Å². The van der Waals surface area contributed by atoms with E-state index >= 15 is 0 Å². The van der Waals surface area contributed by atoms with Crippen molar-refractivity contribution in [3.63, 3.8) is 0 Å². The van der Waals surface area contributed by atoms with E-state index in [9.17, 15) is 19.5 Å². The Morgan fingerprint density at radius 1 is 0.848 bits per heavy atom. The second kappa shape index (κ2) is 23.3. The normalized spacial score (nSPS) is 11.9. The number of halogens is 1. The molecule has 33 heavy (non-hydrogen) atoms. The van der Waals surface area contributed by atoms with Crippen LogP contribution < -0.4 is 16.4 Å². The molecule has 5 N–H and O–H groups in total. The van der Waals surface area contributed by atoms with Crippen molar-refractivity contribution in [1.82, 2.24) is 15.5 Å². The summed E-state index contributed by atoms with van der Waals surface area (Å²) in [4.78, 5) is 37.6. The van der Waals surface area contributed by atoms with E-state index in [0.29, 0.717) is 45.4 Å². The number of aliphatic hydroxyl groups excluding tert-OH is 1. The third-order valence-electron chi connectivity index (χ3n) is 4.81. The van der Waals surface area contributed by atoms with Gasteiger partial charge in [0.05, 0.1) is 6.61 Å². The zero-order chi connectivity index (χ0) is 24.0. The highest BCUT2D eigenvalue weighted by Crippen LogP contribution is 2.01. The lowest BCUT2D eigenvalue weighted by atomic mass is 10.2. The summed E-state index contributed by atoms with van der Waals surface area (Å²) >= 11 is 0. The monoisotopic (exact) mass is 488 g/mol. The Kier molecular flexibility index (Phi) is 23.5. The SMILES string of the molecule is CC/C=C\CCC(=O)NCCCCN(CCCNC(=O)CC/C=C\CC)C(=O)[C@@H](N)CO.Cl. The zero-order valence-corrected chi connectivity index (χ0v) is 21.2. The highest BCUT2D eigenvalue weighted by molar-refractivity contribution is 5.85. The maximum atomic E-state index is 12.4. The van der Waals surface area contributed by atoms with Crippen molar-refractivity contribution in [1.29, 1.82) is 0 Å². The van der Waals surface area contributed by atoms with Crippen molar-refractivity contribution in [2.75, 3.05) is 32.8 Å². The summed E-state index contributed by atoms with van der Waals surface area (Å²) in [6, 6.07) is -0.939. The summed E-state index contributed by atoms with van der Waals surface area (Å²) in [6.45, 7) is 5.71. The summed E-state index contributed by atoms with van der Waals surface area (Å²) < 4.78 is 0. The Hall–Kier alpha value is -1.90. The second-order valence-corrected chi connectivity index (χ2v) is 7.71. The number of nitrogens with two attached hydrogens (primary N) is 1. The second-order valence-electron chi connectivity index (χ2n) is 7.71. The predicted octanol–water partition coefficient (Wildman–Crippen LogP) is 2.45. The van der Waals surface area contributed by atoms with E-state index < -0.39 is 12.6 Å². The molecule has 192 valence electrons. The first-order valence-electron chi connectivity index (χ1n) is 11.9. The topological polar surface area (TPSA) is 125 Å². The van der Waals surface area contributed by atoms with Crippen molar-refractivity contribution >= 4 is 30.1 Å². The minimum atomic E-state index is -0.939. The predicted molar refractivity (Wildman–Crippen MR) is 136 cm³/mol. The largest absolute Gasteiger partial charge is 0.394 e. The van der Waals surface area contributed by atoms with Crippen molar-refractivity contribution in [2.24, 2.45) is 5.73 Å². The molecule has 0 unspecified atom stereocenters. The molecule has 0 saturated carbocycles. The number of aliphatic hydroxyl groups is 1. The first kappa shape index (κ1) is 33.3. The van der Waals surface area contributed by atoms with E-state index in [1.54, 1.807) is 4.90 Å². The Morgan fingerprint density at radius 3 is 1.82 bits per heavy atom. The highest BCUT2D eigenvalue weighted by atomic mass is 35.5.